The van der Waals surface area contributed by atoms with Crippen LogP contribution in [0.4, 0.5) is 5.69 Å². The van der Waals surface area contributed by atoms with Crippen LogP contribution >= 0.6 is 0 Å². The molecule has 0 unspecified atom stereocenters. The number of pyridine rings is 1. The van der Waals surface area contributed by atoms with Crippen molar-refractivity contribution in [3.8, 4) is 5.75 Å². The summed E-state index contributed by atoms with van der Waals surface area (Å²) in [6, 6.07) is 15.2. The Morgan fingerprint density at radius 1 is 1.04 bits per heavy atom. The summed E-state index contributed by atoms with van der Waals surface area (Å²) in [6.07, 6.45) is 4.24. The maximum absolute atomic E-state index is 12.6. The van der Waals surface area contributed by atoms with Crippen LogP contribution in [0.3, 0.4) is 0 Å². The van der Waals surface area contributed by atoms with Crippen LogP contribution in [0.2, 0.25) is 0 Å². The molecule has 0 radical (unpaired) electrons. The lowest BCUT2D eigenvalue weighted by Crippen LogP contribution is -2.16. The van der Waals surface area contributed by atoms with E-state index >= 15 is 0 Å². The van der Waals surface area contributed by atoms with Gasteiger partial charge >= 0.3 is 0 Å². The van der Waals surface area contributed by atoms with Gasteiger partial charge < -0.3 is 10.1 Å². The summed E-state index contributed by atoms with van der Waals surface area (Å²) in [6.45, 7) is 0. The van der Waals surface area contributed by atoms with Crippen molar-refractivity contribution in [3.05, 3.63) is 83.7 Å². The van der Waals surface area contributed by atoms with Crippen molar-refractivity contribution in [1.82, 2.24) is 4.98 Å². The Kier molecular flexibility index (Phi) is 5.72. The monoisotopic (exact) mass is 397 g/mol. The SMILES string of the molecule is COc1ccc(S(N)(=O)=O)cc1C(=O)Nc1ccc(Cc2ccncc2)cc1. The number of sulfonamides is 1. The number of methoxy groups -OCH3 is 1. The average Bonchev–Trinajstić information content (AvgIpc) is 2.69. The molecule has 144 valence electrons. The normalized spacial score (nSPS) is 11.1. The second-order valence-electron chi connectivity index (χ2n) is 6.09. The van der Waals surface area contributed by atoms with E-state index in [9.17, 15) is 13.2 Å². The quantitative estimate of drug-likeness (QED) is 0.664. The van der Waals surface area contributed by atoms with Crippen LogP contribution in [0, 0.1) is 0 Å². The second-order valence-corrected chi connectivity index (χ2v) is 7.65. The summed E-state index contributed by atoms with van der Waals surface area (Å²) in [5.74, 6) is -0.247. The average molecular weight is 397 g/mol. The third-order valence-corrected chi connectivity index (χ3v) is 5.02. The molecule has 3 rings (SSSR count). The zero-order valence-electron chi connectivity index (χ0n) is 15.1. The molecule has 0 saturated heterocycles. The molecule has 0 saturated carbocycles. The van der Waals surface area contributed by atoms with Crippen LogP contribution in [0.15, 0.2) is 71.9 Å². The van der Waals surface area contributed by atoms with Gasteiger partial charge in [-0.25, -0.2) is 13.6 Å². The predicted octanol–water partition coefficient (Wildman–Crippen LogP) is 2.58. The molecule has 1 amide bonds. The maximum atomic E-state index is 12.6. The van der Waals surface area contributed by atoms with Gasteiger partial charge in [-0.05, 0) is 60.0 Å². The van der Waals surface area contributed by atoms with Gasteiger partial charge in [0.2, 0.25) is 10.0 Å². The summed E-state index contributed by atoms with van der Waals surface area (Å²) in [7, 11) is -2.53. The zero-order chi connectivity index (χ0) is 20.1. The summed E-state index contributed by atoms with van der Waals surface area (Å²) >= 11 is 0. The van der Waals surface area contributed by atoms with Crippen molar-refractivity contribution in [1.29, 1.82) is 0 Å². The smallest absolute Gasteiger partial charge is 0.259 e. The molecule has 2 aromatic carbocycles. The minimum atomic E-state index is -3.93. The highest BCUT2D eigenvalue weighted by Gasteiger charge is 2.17. The number of ether oxygens (including phenoxy) is 1. The molecule has 8 heteroatoms. The van der Waals surface area contributed by atoms with E-state index in [1.54, 1.807) is 24.5 Å². The molecule has 1 aromatic heterocycles. The van der Waals surface area contributed by atoms with E-state index in [0.717, 1.165) is 17.5 Å². The Hall–Kier alpha value is -3.23. The molecule has 0 fully saturated rings. The van der Waals surface area contributed by atoms with Gasteiger partial charge in [-0.3, -0.25) is 9.78 Å². The van der Waals surface area contributed by atoms with Crippen LogP contribution in [0.1, 0.15) is 21.5 Å². The van der Waals surface area contributed by atoms with Gasteiger partial charge in [0.1, 0.15) is 5.75 Å². The van der Waals surface area contributed by atoms with Crippen LogP contribution in [0.25, 0.3) is 0 Å². The number of hydrogen-bond donors (Lipinski definition) is 2. The summed E-state index contributed by atoms with van der Waals surface area (Å²) in [4.78, 5) is 16.4. The fourth-order valence-electron chi connectivity index (χ4n) is 2.68. The van der Waals surface area contributed by atoms with Gasteiger partial charge in [-0.1, -0.05) is 12.1 Å². The number of nitrogens with two attached hydrogens (primary N) is 1. The first-order chi connectivity index (χ1) is 13.4. The number of nitrogens with one attached hydrogen (secondary N) is 1. The summed E-state index contributed by atoms with van der Waals surface area (Å²) in [5.41, 5.74) is 2.87. The van der Waals surface area contributed by atoms with Crippen molar-refractivity contribution >= 4 is 21.6 Å². The molecule has 0 aliphatic carbocycles. The number of carbonyl (C=O) groups excluding carboxylic acids is 1. The van der Waals surface area contributed by atoms with Crippen molar-refractivity contribution in [2.45, 2.75) is 11.3 Å². The molecule has 1 heterocycles. The first kappa shape index (κ1) is 19.5. The molecular weight excluding hydrogens is 378 g/mol. The number of carbonyl (C=O) groups is 1. The number of amides is 1. The van der Waals surface area contributed by atoms with E-state index in [1.807, 2.05) is 24.3 Å². The molecule has 3 aromatic rings. The molecule has 0 spiro atoms. The number of rotatable bonds is 6. The molecule has 0 atom stereocenters. The Morgan fingerprint density at radius 3 is 2.29 bits per heavy atom. The lowest BCUT2D eigenvalue weighted by molar-refractivity contribution is 0.102. The molecule has 3 N–H and O–H groups in total. The number of benzene rings is 2. The Balaban J connectivity index is 1.77. The molecule has 28 heavy (non-hydrogen) atoms. The van der Waals surface area contributed by atoms with E-state index in [0.29, 0.717) is 5.69 Å². The van der Waals surface area contributed by atoms with Crippen molar-refractivity contribution in [2.75, 3.05) is 12.4 Å². The number of aromatic nitrogens is 1. The van der Waals surface area contributed by atoms with E-state index in [-0.39, 0.29) is 16.2 Å². The van der Waals surface area contributed by atoms with Gasteiger partial charge in [0.25, 0.3) is 5.91 Å². The zero-order valence-corrected chi connectivity index (χ0v) is 15.9. The van der Waals surface area contributed by atoms with Crippen LogP contribution in [-0.4, -0.2) is 26.4 Å². The molecule has 0 aliphatic rings. The number of hydrogen-bond acceptors (Lipinski definition) is 5. The van der Waals surface area contributed by atoms with Gasteiger partial charge in [0.05, 0.1) is 17.6 Å². The van der Waals surface area contributed by atoms with Crippen molar-refractivity contribution in [2.24, 2.45) is 5.14 Å². The lowest BCUT2D eigenvalue weighted by Gasteiger charge is -2.11. The topological polar surface area (TPSA) is 111 Å². The summed E-state index contributed by atoms with van der Waals surface area (Å²) < 4.78 is 28.3. The fourth-order valence-corrected chi connectivity index (χ4v) is 3.22. The van der Waals surface area contributed by atoms with Crippen LogP contribution < -0.4 is 15.2 Å². The van der Waals surface area contributed by atoms with Crippen LogP contribution in [-0.2, 0) is 16.4 Å². The van der Waals surface area contributed by atoms with Gasteiger partial charge in [0, 0.05) is 18.1 Å². The van der Waals surface area contributed by atoms with E-state index in [4.69, 9.17) is 9.88 Å². The van der Waals surface area contributed by atoms with Crippen molar-refractivity contribution < 1.29 is 17.9 Å². The number of nitrogens with zero attached hydrogens (tertiary/aromatic N) is 1. The van der Waals surface area contributed by atoms with E-state index < -0.39 is 15.9 Å². The first-order valence-electron chi connectivity index (χ1n) is 8.37. The van der Waals surface area contributed by atoms with Gasteiger partial charge in [-0.2, -0.15) is 0 Å². The van der Waals surface area contributed by atoms with E-state index in [1.165, 1.54) is 25.3 Å². The Labute approximate surface area is 163 Å². The third kappa shape index (κ3) is 4.73. The number of anilines is 1. The fraction of sp³-hybridized carbons (Fsp3) is 0.100. The molecular formula is C20H19N3O4S. The minimum Gasteiger partial charge on any atom is -0.496 e. The number of primary sulfonamides is 1. The van der Waals surface area contributed by atoms with Gasteiger partial charge in [-0.15, -0.1) is 0 Å². The summed E-state index contributed by atoms with van der Waals surface area (Å²) in [5, 5.41) is 7.88. The Morgan fingerprint density at radius 2 is 1.68 bits per heavy atom. The standard InChI is InChI=1S/C20H19N3O4S/c1-27-19-7-6-17(28(21,25)26)13-18(19)20(24)23-16-4-2-14(3-5-16)12-15-8-10-22-11-9-15/h2-11,13H,12H2,1H3,(H,23,24)(H2,21,25,26). The van der Waals surface area contributed by atoms with Crippen LogP contribution in [0.5, 0.6) is 5.75 Å². The molecule has 0 aliphatic heterocycles. The molecule has 0 bridgehead atoms. The molecule has 7 nitrogen and oxygen atoms in total. The van der Waals surface area contributed by atoms with Gasteiger partial charge in [0.15, 0.2) is 0 Å². The highest BCUT2D eigenvalue weighted by Crippen LogP contribution is 2.23. The third-order valence-electron chi connectivity index (χ3n) is 4.11. The highest BCUT2D eigenvalue weighted by molar-refractivity contribution is 7.89. The largest absolute Gasteiger partial charge is 0.496 e. The first-order valence-corrected chi connectivity index (χ1v) is 9.91. The predicted molar refractivity (Wildman–Crippen MR) is 106 cm³/mol. The van der Waals surface area contributed by atoms with E-state index in [2.05, 4.69) is 10.3 Å². The minimum absolute atomic E-state index is 0.0786. The van der Waals surface area contributed by atoms with Crippen molar-refractivity contribution in [3.63, 3.8) is 0 Å². The maximum Gasteiger partial charge on any atom is 0.259 e. The second kappa shape index (κ2) is 8.20. The highest BCUT2D eigenvalue weighted by atomic mass is 32.2. The Bertz CT molecular complexity index is 1080. The lowest BCUT2D eigenvalue weighted by atomic mass is 10.1.